The Labute approximate surface area is 81.6 Å². The largest absolute Gasteiger partial charge is 0.309 e. The van der Waals surface area contributed by atoms with Gasteiger partial charge in [-0.15, -0.1) is 6.58 Å². The van der Waals surface area contributed by atoms with Gasteiger partial charge in [0.05, 0.1) is 0 Å². The third-order valence-electron chi connectivity index (χ3n) is 1.56. The molecule has 0 unspecified atom stereocenters. The first kappa shape index (κ1) is 9.49. The zero-order chi connectivity index (χ0) is 8.81. The summed E-state index contributed by atoms with van der Waals surface area (Å²) in [7, 11) is 0. The van der Waals surface area contributed by atoms with Gasteiger partial charge < -0.3 is 5.32 Å². The highest BCUT2D eigenvalue weighted by atomic mass is 79.9. The number of halogens is 1. The monoisotopic (exact) mass is 225 g/mol. The van der Waals surface area contributed by atoms with Gasteiger partial charge in [0.25, 0.3) is 0 Å². The molecule has 1 aromatic rings. The van der Waals surface area contributed by atoms with Crippen molar-refractivity contribution in [2.45, 2.75) is 6.54 Å². The van der Waals surface area contributed by atoms with E-state index in [1.165, 1.54) is 5.56 Å². The molecule has 0 bridgehead atoms. The smallest absolute Gasteiger partial charge is 0.0220 e. The van der Waals surface area contributed by atoms with Crippen molar-refractivity contribution in [3.63, 3.8) is 0 Å². The van der Waals surface area contributed by atoms with Crippen molar-refractivity contribution in [1.29, 1.82) is 0 Å². The maximum atomic E-state index is 3.64. The molecule has 1 aromatic carbocycles. The van der Waals surface area contributed by atoms with Crippen LogP contribution in [0, 0.1) is 0 Å². The predicted octanol–water partition coefficient (Wildman–Crippen LogP) is 2.72. The summed E-state index contributed by atoms with van der Waals surface area (Å²) in [6.07, 6.45) is 1.86. The highest BCUT2D eigenvalue weighted by molar-refractivity contribution is 9.10. The number of benzene rings is 1. The minimum absolute atomic E-state index is 0.849. The SMILES string of the molecule is C=CCNCc1ccccc1Br. The molecule has 64 valence electrons. The molecule has 0 radical (unpaired) electrons. The molecule has 0 aliphatic rings. The molecule has 0 atom stereocenters. The molecule has 0 aromatic heterocycles. The first-order chi connectivity index (χ1) is 5.84. The summed E-state index contributed by atoms with van der Waals surface area (Å²) in [5.41, 5.74) is 1.28. The summed E-state index contributed by atoms with van der Waals surface area (Å²) in [6.45, 7) is 5.37. The second kappa shape index (κ2) is 5.12. The average molecular weight is 226 g/mol. The molecule has 0 heterocycles. The molecule has 0 fully saturated rings. The van der Waals surface area contributed by atoms with E-state index in [0.29, 0.717) is 0 Å². The standard InChI is InChI=1S/C10H12BrN/c1-2-7-12-8-9-5-3-4-6-10(9)11/h2-6,12H,1,7-8H2. The van der Waals surface area contributed by atoms with E-state index in [0.717, 1.165) is 17.6 Å². The quantitative estimate of drug-likeness (QED) is 0.614. The lowest BCUT2D eigenvalue weighted by atomic mass is 10.2. The Morgan fingerprint density at radius 3 is 2.83 bits per heavy atom. The molecular formula is C10H12BrN. The Kier molecular flexibility index (Phi) is 4.05. The van der Waals surface area contributed by atoms with E-state index >= 15 is 0 Å². The molecule has 0 saturated carbocycles. The highest BCUT2D eigenvalue weighted by Gasteiger charge is 1.95. The lowest BCUT2D eigenvalue weighted by molar-refractivity contribution is 0.758. The highest BCUT2D eigenvalue weighted by Crippen LogP contribution is 2.14. The summed E-state index contributed by atoms with van der Waals surface area (Å²) < 4.78 is 1.15. The van der Waals surface area contributed by atoms with Crippen molar-refractivity contribution in [3.05, 3.63) is 47.0 Å². The van der Waals surface area contributed by atoms with Crippen molar-refractivity contribution in [2.24, 2.45) is 0 Å². The van der Waals surface area contributed by atoms with Crippen LogP contribution >= 0.6 is 15.9 Å². The number of rotatable bonds is 4. The molecule has 2 heteroatoms. The van der Waals surface area contributed by atoms with Crippen LogP contribution in [0.5, 0.6) is 0 Å². The molecule has 0 amide bonds. The van der Waals surface area contributed by atoms with Crippen molar-refractivity contribution in [2.75, 3.05) is 6.54 Å². The van der Waals surface area contributed by atoms with E-state index in [1.807, 2.05) is 24.3 Å². The van der Waals surface area contributed by atoms with Crippen LogP contribution in [0.3, 0.4) is 0 Å². The molecule has 0 aliphatic heterocycles. The Bertz CT molecular complexity index is 258. The Hall–Kier alpha value is -0.600. The molecular weight excluding hydrogens is 214 g/mol. The minimum atomic E-state index is 0.849. The molecule has 1 N–H and O–H groups in total. The molecule has 0 aliphatic carbocycles. The Morgan fingerprint density at radius 2 is 2.17 bits per heavy atom. The van der Waals surface area contributed by atoms with Gasteiger partial charge in [-0.1, -0.05) is 40.2 Å². The van der Waals surface area contributed by atoms with E-state index in [-0.39, 0.29) is 0 Å². The van der Waals surface area contributed by atoms with E-state index in [4.69, 9.17) is 0 Å². The fourth-order valence-corrected chi connectivity index (χ4v) is 1.38. The van der Waals surface area contributed by atoms with Crippen molar-refractivity contribution in [3.8, 4) is 0 Å². The maximum Gasteiger partial charge on any atom is 0.0220 e. The van der Waals surface area contributed by atoms with Crippen molar-refractivity contribution < 1.29 is 0 Å². The number of hydrogen-bond donors (Lipinski definition) is 1. The molecule has 0 spiro atoms. The summed E-state index contributed by atoms with van der Waals surface area (Å²) in [4.78, 5) is 0. The van der Waals surface area contributed by atoms with Gasteiger partial charge in [0.2, 0.25) is 0 Å². The zero-order valence-electron chi connectivity index (χ0n) is 6.89. The van der Waals surface area contributed by atoms with Gasteiger partial charge in [0.1, 0.15) is 0 Å². The first-order valence-electron chi connectivity index (χ1n) is 3.89. The molecule has 1 rings (SSSR count). The van der Waals surface area contributed by atoms with Gasteiger partial charge in [-0.2, -0.15) is 0 Å². The zero-order valence-corrected chi connectivity index (χ0v) is 8.47. The summed E-state index contributed by atoms with van der Waals surface area (Å²) >= 11 is 3.48. The second-order valence-corrected chi connectivity index (χ2v) is 3.37. The van der Waals surface area contributed by atoms with E-state index in [1.54, 1.807) is 0 Å². The van der Waals surface area contributed by atoms with Crippen LogP contribution < -0.4 is 5.32 Å². The lowest BCUT2D eigenvalue weighted by Gasteiger charge is -2.03. The van der Waals surface area contributed by atoms with E-state index < -0.39 is 0 Å². The Balaban J connectivity index is 2.51. The van der Waals surface area contributed by atoms with Crippen molar-refractivity contribution in [1.82, 2.24) is 5.32 Å². The number of nitrogens with one attached hydrogen (secondary N) is 1. The lowest BCUT2D eigenvalue weighted by Crippen LogP contribution is -2.12. The van der Waals surface area contributed by atoms with E-state index in [2.05, 4.69) is 33.9 Å². The Morgan fingerprint density at radius 1 is 1.42 bits per heavy atom. The van der Waals surface area contributed by atoms with Crippen LogP contribution in [0.4, 0.5) is 0 Å². The normalized spacial score (nSPS) is 9.75. The van der Waals surface area contributed by atoms with Crippen molar-refractivity contribution >= 4 is 15.9 Å². The van der Waals surface area contributed by atoms with Crippen LogP contribution in [-0.2, 0) is 6.54 Å². The maximum absolute atomic E-state index is 3.64. The summed E-state index contributed by atoms with van der Waals surface area (Å²) in [5, 5.41) is 3.24. The molecule has 12 heavy (non-hydrogen) atoms. The van der Waals surface area contributed by atoms with Gasteiger partial charge in [0, 0.05) is 17.6 Å². The third kappa shape index (κ3) is 2.80. The minimum Gasteiger partial charge on any atom is -0.309 e. The van der Waals surface area contributed by atoms with Gasteiger partial charge in [-0.25, -0.2) is 0 Å². The van der Waals surface area contributed by atoms with E-state index in [9.17, 15) is 0 Å². The fourth-order valence-electron chi connectivity index (χ4n) is 0.951. The van der Waals surface area contributed by atoms with Gasteiger partial charge in [-0.3, -0.25) is 0 Å². The number of hydrogen-bond acceptors (Lipinski definition) is 1. The van der Waals surface area contributed by atoms with Crippen LogP contribution in [-0.4, -0.2) is 6.54 Å². The summed E-state index contributed by atoms with van der Waals surface area (Å²) in [6, 6.07) is 8.20. The predicted molar refractivity (Wildman–Crippen MR) is 56.0 cm³/mol. The van der Waals surface area contributed by atoms with Crippen LogP contribution in [0.1, 0.15) is 5.56 Å². The molecule has 1 nitrogen and oxygen atoms in total. The van der Waals surface area contributed by atoms with Crippen LogP contribution in [0.2, 0.25) is 0 Å². The molecule has 0 saturated heterocycles. The fraction of sp³-hybridized carbons (Fsp3) is 0.200. The third-order valence-corrected chi connectivity index (χ3v) is 2.34. The average Bonchev–Trinajstić information content (AvgIpc) is 2.09. The first-order valence-corrected chi connectivity index (χ1v) is 4.69. The van der Waals surface area contributed by atoms with Crippen LogP contribution in [0.25, 0.3) is 0 Å². The summed E-state index contributed by atoms with van der Waals surface area (Å²) in [5.74, 6) is 0. The van der Waals surface area contributed by atoms with Gasteiger partial charge in [0.15, 0.2) is 0 Å². The van der Waals surface area contributed by atoms with Gasteiger partial charge in [-0.05, 0) is 11.6 Å². The van der Waals surface area contributed by atoms with Gasteiger partial charge >= 0.3 is 0 Å². The topological polar surface area (TPSA) is 12.0 Å². The van der Waals surface area contributed by atoms with Crippen LogP contribution in [0.15, 0.2) is 41.4 Å². The second-order valence-electron chi connectivity index (χ2n) is 2.51.